The van der Waals surface area contributed by atoms with Crippen molar-refractivity contribution in [3.63, 3.8) is 0 Å². The lowest BCUT2D eigenvalue weighted by molar-refractivity contribution is 0.340. The minimum atomic E-state index is 0.286. The summed E-state index contributed by atoms with van der Waals surface area (Å²) in [5, 5.41) is 0. The van der Waals surface area contributed by atoms with E-state index >= 15 is 0 Å². The molecule has 0 aliphatic carbocycles. The summed E-state index contributed by atoms with van der Waals surface area (Å²) in [6, 6.07) is 17.3. The number of para-hydroxylation sites is 3. The minimum absolute atomic E-state index is 0.286. The van der Waals surface area contributed by atoms with Crippen LogP contribution in [-0.2, 0) is 0 Å². The number of nitrogens with two attached hydrogens (primary N) is 2. The van der Waals surface area contributed by atoms with Crippen molar-refractivity contribution >= 4 is 22.7 Å². The molecule has 0 saturated carbocycles. The summed E-state index contributed by atoms with van der Waals surface area (Å²) >= 11 is 0. The van der Waals surface area contributed by atoms with Crippen LogP contribution in [-0.4, -0.2) is 16.6 Å². The predicted molar refractivity (Wildman–Crippen MR) is 86.0 cm³/mol. The van der Waals surface area contributed by atoms with Gasteiger partial charge in [-0.2, -0.15) is 0 Å². The van der Waals surface area contributed by atoms with E-state index in [0.29, 0.717) is 0 Å². The van der Waals surface area contributed by atoms with Crippen molar-refractivity contribution in [2.24, 2.45) is 0 Å². The molecule has 21 heavy (non-hydrogen) atoms. The molecule has 0 fully saturated rings. The molecule has 0 spiro atoms. The van der Waals surface area contributed by atoms with E-state index in [2.05, 4.69) is 9.97 Å². The zero-order valence-corrected chi connectivity index (χ0v) is 11.9. The van der Waals surface area contributed by atoms with Gasteiger partial charge in [-0.05, 0) is 31.2 Å². The minimum Gasteiger partial charge on any atom is -0.494 e. The summed E-state index contributed by atoms with van der Waals surface area (Å²) in [6.07, 6.45) is 0. The van der Waals surface area contributed by atoms with Gasteiger partial charge in [-0.15, -0.1) is 0 Å². The average Bonchev–Trinajstić information content (AvgIpc) is 2.50. The molecule has 108 valence electrons. The molecular formula is C16H18N4O. The molecule has 4 N–H and O–H groups in total. The molecule has 1 aromatic heterocycles. The van der Waals surface area contributed by atoms with Gasteiger partial charge in [-0.1, -0.05) is 30.3 Å². The Morgan fingerprint density at radius 1 is 0.810 bits per heavy atom. The van der Waals surface area contributed by atoms with Gasteiger partial charge in [0.15, 0.2) is 11.6 Å². The Kier molecular flexibility index (Phi) is 4.93. The molecule has 0 radical (unpaired) electrons. The SMILES string of the molecule is CCOc1ccccc1.Nc1nc2ccccc2nc1N. The van der Waals surface area contributed by atoms with Crippen molar-refractivity contribution < 1.29 is 4.74 Å². The van der Waals surface area contributed by atoms with Gasteiger partial charge in [0.05, 0.1) is 17.6 Å². The Balaban J connectivity index is 0.000000161. The number of aromatic nitrogens is 2. The maximum absolute atomic E-state index is 5.49. The number of nitrogen functional groups attached to an aromatic ring is 2. The lowest BCUT2D eigenvalue weighted by atomic mass is 10.3. The molecular weight excluding hydrogens is 264 g/mol. The summed E-state index contributed by atoms with van der Waals surface area (Å²) in [6.45, 7) is 2.72. The van der Waals surface area contributed by atoms with Crippen LogP contribution < -0.4 is 16.2 Å². The Labute approximate surface area is 123 Å². The summed E-state index contributed by atoms with van der Waals surface area (Å²) in [5.74, 6) is 1.52. The highest BCUT2D eigenvalue weighted by Crippen LogP contribution is 2.14. The van der Waals surface area contributed by atoms with Gasteiger partial charge in [0, 0.05) is 0 Å². The molecule has 0 aliphatic rings. The van der Waals surface area contributed by atoms with Crippen LogP contribution in [0.2, 0.25) is 0 Å². The first-order valence-electron chi connectivity index (χ1n) is 6.66. The molecule has 5 nitrogen and oxygen atoms in total. The fraction of sp³-hybridized carbons (Fsp3) is 0.125. The van der Waals surface area contributed by atoms with Crippen molar-refractivity contribution in [2.45, 2.75) is 6.92 Å². The Hall–Kier alpha value is -2.82. The molecule has 0 atom stereocenters. The topological polar surface area (TPSA) is 87.0 Å². The molecule has 0 bridgehead atoms. The predicted octanol–water partition coefficient (Wildman–Crippen LogP) is 2.88. The second-order valence-electron chi connectivity index (χ2n) is 4.23. The Morgan fingerprint density at radius 3 is 1.76 bits per heavy atom. The maximum atomic E-state index is 5.49. The second-order valence-corrected chi connectivity index (χ2v) is 4.23. The van der Waals surface area contributed by atoms with Gasteiger partial charge in [-0.25, -0.2) is 9.97 Å². The Bertz CT molecular complexity index is 660. The molecule has 5 heteroatoms. The zero-order valence-electron chi connectivity index (χ0n) is 11.9. The molecule has 2 aromatic carbocycles. The third-order valence-electron chi connectivity index (χ3n) is 2.68. The fourth-order valence-electron chi connectivity index (χ4n) is 1.71. The van der Waals surface area contributed by atoms with E-state index < -0.39 is 0 Å². The first kappa shape index (κ1) is 14.6. The standard InChI is InChI=1S/C8H8N4.C8H10O/c9-7-8(10)12-6-4-2-1-3-5(6)11-7;1-2-9-8-6-4-3-5-7-8/h1-4H,(H2,9,11)(H2,10,12);3-7H,2H2,1H3. The van der Waals surface area contributed by atoms with Gasteiger partial charge in [0.2, 0.25) is 0 Å². The van der Waals surface area contributed by atoms with Crippen molar-refractivity contribution in [2.75, 3.05) is 18.1 Å². The van der Waals surface area contributed by atoms with Crippen LogP contribution >= 0.6 is 0 Å². The summed E-state index contributed by atoms with van der Waals surface area (Å²) in [7, 11) is 0. The molecule has 1 heterocycles. The molecule has 3 aromatic rings. The highest BCUT2D eigenvalue weighted by Gasteiger charge is 1.99. The van der Waals surface area contributed by atoms with E-state index in [0.717, 1.165) is 23.4 Å². The fourth-order valence-corrected chi connectivity index (χ4v) is 1.71. The van der Waals surface area contributed by atoms with Gasteiger partial charge in [0.25, 0.3) is 0 Å². The van der Waals surface area contributed by atoms with E-state index in [1.165, 1.54) is 0 Å². The summed E-state index contributed by atoms with van der Waals surface area (Å²) in [4.78, 5) is 8.13. The van der Waals surface area contributed by atoms with Crippen LogP contribution in [0.3, 0.4) is 0 Å². The third kappa shape index (κ3) is 4.07. The zero-order chi connectivity index (χ0) is 15.1. The lowest BCUT2D eigenvalue weighted by Gasteiger charge is -1.99. The number of ether oxygens (including phenoxy) is 1. The maximum Gasteiger partial charge on any atom is 0.166 e. The van der Waals surface area contributed by atoms with E-state index in [1.807, 2.05) is 61.5 Å². The smallest absolute Gasteiger partial charge is 0.166 e. The van der Waals surface area contributed by atoms with Crippen LogP contribution in [0.1, 0.15) is 6.92 Å². The second kappa shape index (κ2) is 7.09. The summed E-state index contributed by atoms with van der Waals surface area (Å²) < 4.78 is 5.21. The van der Waals surface area contributed by atoms with Gasteiger partial charge < -0.3 is 16.2 Å². The first-order chi connectivity index (χ1) is 10.2. The number of hydrogen-bond acceptors (Lipinski definition) is 5. The lowest BCUT2D eigenvalue weighted by Crippen LogP contribution is -2.00. The van der Waals surface area contributed by atoms with E-state index in [-0.39, 0.29) is 11.6 Å². The number of anilines is 2. The molecule has 0 saturated heterocycles. The molecule has 0 unspecified atom stereocenters. The van der Waals surface area contributed by atoms with Gasteiger partial charge in [-0.3, -0.25) is 0 Å². The van der Waals surface area contributed by atoms with Crippen molar-refractivity contribution in [1.29, 1.82) is 0 Å². The first-order valence-corrected chi connectivity index (χ1v) is 6.66. The molecule has 0 aliphatic heterocycles. The normalized spacial score (nSPS) is 9.76. The van der Waals surface area contributed by atoms with Gasteiger partial charge in [0.1, 0.15) is 5.75 Å². The molecule has 0 amide bonds. The largest absolute Gasteiger partial charge is 0.494 e. The number of benzene rings is 2. The highest BCUT2D eigenvalue weighted by atomic mass is 16.5. The Morgan fingerprint density at radius 2 is 1.29 bits per heavy atom. The monoisotopic (exact) mass is 282 g/mol. The van der Waals surface area contributed by atoms with E-state index in [9.17, 15) is 0 Å². The average molecular weight is 282 g/mol. The molecule has 3 rings (SSSR count). The quantitative estimate of drug-likeness (QED) is 0.754. The number of rotatable bonds is 2. The number of fused-ring (bicyclic) bond motifs is 1. The van der Waals surface area contributed by atoms with Crippen molar-refractivity contribution in [3.05, 3.63) is 54.6 Å². The van der Waals surface area contributed by atoms with Crippen LogP contribution in [0, 0.1) is 0 Å². The van der Waals surface area contributed by atoms with Crippen LogP contribution in [0.15, 0.2) is 54.6 Å². The van der Waals surface area contributed by atoms with Crippen LogP contribution in [0.25, 0.3) is 11.0 Å². The van der Waals surface area contributed by atoms with Crippen LogP contribution in [0.4, 0.5) is 11.6 Å². The number of nitrogens with zero attached hydrogens (tertiary/aromatic N) is 2. The number of hydrogen-bond donors (Lipinski definition) is 2. The van der Waals surface area contributed by atoms with Crippen molar-refractivity contribution in [3.8, 4) is 5.75 Å². The van der Waals surface area contributed by atoms with E-state index in [4.69, 9.17) is 16.2 Å². The van der Waals surface area contributed by atoms with E-state index in [1.54, 1.807) is 0 Å². The van der Waals surface area contributed by atoms with Gasteiger partial charge >= 0.3 is 0 Å². The highest BCUT2D eigenvalue weighted by molar-refractivity contribution is 5.78. The van der Waals surface area contributed by atoms with Crippen molar-refractivity contribution in [1.82, 2.24) is 9.97 Å². The third-order valence-corrected chi connectivity index (χ3v) is 2.68. The van der Waals surface area contributed by atoms with Crippen LogP contribution in [0.5, 0.6) is 5.75 Å². The summed E-state index contributed by atoms with van der Waals surface area (Å²) in [5.41, 5.74) is 12.5.